The van der Waals surface area contributed by atoms with Gasteiger partial charge in [0.1, 0.15) is 5.75 Å². The summed E-state index contributed by atoms with van der Waals surface area (Å²) in [5.74, 6) is 1.54. The van der Waals surface area contributed by atoms with Gasteiger partial charge in [0.2, 0.25) is 5.91 Å². The summed E-state index contributed by atoms with van der Waals surface area (Å²) in [6.07, 6.45) is 8.27. The average Bonchev–Trinajstić information content (AvgIpc) is 3.20. The Bertz CT molecular complexity index is 888. The molecule has 5 heteroatoms. The first-order valence-corrected chi connectivity index (χ1v) is 10.6. The normalized spacial score (nSPS) is 17.1. The van der Waals surface area contributed by atoms with Crippen LogP contribution < -0.4 is 5.32 Å². The minimum Gasteiger partial charge on any atom is -0.508 e. The largest absolute Gasteiger partial charge is 0.508 e. The van der Waals surface area contributed by atoms with E-state index in [1.165, 1.54) is 25.7 Å². The first-order valence-electron chi connectivity index (χ1n) is 10.6. The maximum Gasteiger partial charge on any atom is 0.228 e. The monoisotopic (exact) mass is 379 g/mol. The van der Waals surface area contributed by atoms with Crippen molar-refractivity contribution in [3.05, 3.63) is 35.2 Å². The zero-order chi connectivity index (χ0) is 19.7. The van der Waals surface area contributed by atoms with Crippen LogP contribution in [0.25, 0.3) is 11.3 Å². The highest BCUT2D eigenvalue weighted by atomic mass is 16.3. The molecule has 0 spiro atoms. The summed E-state index contributed by atoms with van der Waals surface area (Å²) in [5, 5.41) is 12.9. The fraction of sp³-hybridized carbons (Fsp3) is 0.522. The lowest BCUT2D eigenvalue weighted by Crippen LogP contribution is -2.23. The van der Waals surface area contributed by atoms with Gasteiger partial charge in [-0.1, -0.05) is 39.5 Å². The molecule has 0 bridgehead atoms. The van der Waals surface area contributed by atoms with Gasteiger partial charge < -0.3 is 10.4 Å². The number of aryl methyl sites for hydroxylation is 2. The second-order valence-electron chi connectivity index (χ2n) is 8.31. The lowest BCUT2D eigenvalue weighted by Gasteiger charge is -2.22. The molecule has 1 saturated carbocycles. The van der Waals surface area contributed by atoms with Crippen molar-refractivity contribution in [3.63, 3.8) is 0 Å². The van der Waals surface area contributed by atoms with Crippen molar-refractivity contribution < 1.29 is 9.90 Å². The van der Waals surface area contributed by atoms with Gasteiger partial charge in [-0.3, -0.25) is 4.79 Å². The van der Waals surface area contributed by atoms with Crippen molar-refractivity contribution in [2.24, 2.45) is 11.8 Å². The molecular weight excluding hydrogens is 350 g/mol. The molecule has 1 unspecified atom stereocenters. The highest BCUT2D eigenvalue weighted by molar-refractivity contribution is 5.92. The zero-order valence-corrected chi connectivity index (χ0v) is 16.8. The van der Waals surface area contributed by atoms with Gasteiger partial charge in [0, 0.05) is 11.5 Å². The number of phenols is 1. The van der Waals surface area contributed by atoms with Gasteiger partial charge in [0.05, 0.1) is 17.1 Å². The van der Waals surface area contributed by atoms with Crippen LogP contribution in [0.5, 0.6) is 5.75 Å². The number of phenolic OH excluding ortho intramolecular Hbond substituents is 1. The minimum atomic E-state index is -0.0409. The highest BCUT2D eigenvalue weighted by Crippen LogP contribution is 2.36. The highest BCUT2D eigenvalue weighted by Gasteiger charge is 2.25. The van der Waals surface area contributed by atoms with Crippen LogP contribution in [0.15, 0.2) is 18.2 Å². The van der Waals surface area contributed by atoms with E-state index in [2.05, 4.69) is 5.32 Å². The van der Waals surface area contributed by atoms with E-state index < -0.39 is 0 Å². The van der Waals surface area contributed by atoms with Gasteiger partial charge in [0.15, 0.2) is 5.82 Å². The van der Waals surface area contributed by atoms with Crippen LogP contribution in [0, 0.1) is 11.8 Å². The SMILES string of the molecule is CCC(C)C(=O)Nc1nc2c(nc1CC1CCCC1)-c1ccc(O)cc1CC2. The minimum absolute atomic E-state index is 0.0190. The van der Waals surface area contributed by atoms with Gasteiger partial charge >= 0.3 is 0 Å². The third-order valence-corrected chi connectivity index (χ3v) is 6.27. The number of fused-ring (bicyclic) bond motifs is 3. The maximum absolute atomic E-state index is 12.5. The number of hydrogen-bond acceptors (Lipinski definition) is 4. The summed E-state index contributed by atoms with van der Waals surface area (Å²) in [7, 11) is 0. The second-order valence-corrected chi connectivity index (χ2v) is 8.31. The first kappa shape index (κ1) is 18.9. The second kappa shape index (κ2) is 7.90. The molecular formula is C23H29N3O2. The molecule has 1 aromatic heterocycles. The summed E-state index contributed by atoms with van der Waals surface area (Å²) in [4.78, 5) is 22.4. The van der Waals surface area contributed by atoms with Crippen molar-refractivity contribution in [2.75, 3.05) is 5.32 Å². The van der Waals surface area contributed by atoms with Gasteiger partial charge in [0.25, 0.3) is 0 Å². The van der Waals surface area contributed by atoms with Gasteiger partial charge in [-0.05, 0) is 55.4 Å². The van der Waals surface area contributed by atoms with Crippen LogP contribution >= 0.6 is 0 Å². The van der Waals surface area contributed by atoms with E-state index in [0.717, 1.165) is 53.9 Å². The Morgan fingerprint density at radius 1 is 1.25 bits per heavy atom. The van der Waals surface area contributed by atoms with E-state index in [0.29, 0.717) is 17.5 Å². The quantitative estimate of drug-likeness (QED) is 0.792. The molecule has 4 rings (SSSR count). The number of benzene rings is 1. The average molecular weight is 380 g/mol. The van der Waals surface area contributed by atoms with Crippen LogP contribution in [0.4, 0.5) is 5.82 Å². The van der Waals surface area contributed by atoms with E-state index in [1.807, 2.05) is 26.0 Å². The molecule has 2 aliphatic rings. The van der Waals surface area contributed by atoms with E-state index in [9.17, 15) is 9.90 Å². The Kier molecular flexibility index (Phi) is 5.33. The number of nitrogens with zero attached hydrogens (tertiary/aromatic N) is 2. The molecule has 2 aliphatic carbocycles. The third-order valence-electron chi connectivity index (χ3n) is 6.27. The van der Waals surface area contributed by atoms with E-state index in [4.69, 9.17) is 9.97 Å². The van der Waals surface area contributed by atoms with Crippen LogP contribution in [0.2, 0.25) is 0 Å². The molecule has 1 aromatic carbocycles. The molecule has 2 N–H and O–H groups in total. The molecule has 5 nitrogen and oxygen atoms in total. The van der Waals surface area contributed by atoms with E-state index >= 15 is 0 Å². The number of amides is 1. The van der Waals surface area contributed by atoms with Crippen LogP contribution in [0.1, 0.15) is 62.9 Å². The van der Waals surface area contributed by atoms with Crippen LogP contribution in [-0.2, 0) is 24.1 Å². The molecule has 0 saturated heterocycles. The molecule has 0 aliphatic heterocycles. The lowest BCUT2D eigenvalue weighted by atomic mass is 9.91. The Labute approximate surface area is 166 Å². The summed E-state index contributed by atoms with van der Waals surface area (Å²) in [5.41, 5.74) is 4.93. The summed E-state index contributed by atoms with van der Waals surface area (Å²) >= 11 is 0. The molecule has 1 fully saturated rings. The van der Waals surface area contributed by atoms with Gasteiger partial charge in [-0.2, -0.15) is 0 Å². The predicted molar refractivity (Wildman–Crippen MR) is 110 cm³/mol. The number of hydrogen-bond donors (Lipinski definition) is 2. The van der Waals surface area contributed by atoms with E-state index in [1.54, 1.807) is 6.07 Å². The summed E-state index contributed by atoms with van der Waals surface area (Å²) < 4.78 is 0. The number of nitrogens with one attached hydrogen (secondary N) is 1. The fourth-order valence-corrected chi connectivity index (χ4v) is 4.32. The summed E-state index contributed by atoms with van der Waals surface area (Å²) in [6, 6.07) is 5.48. The van der Waals surface area contributed by atoms with Crippen molar-refractivity contribution in [1.82, 2.24) is 9.97 Å². The zero-order valence-electron chi connectivity index (χ0n) is 16.8. The van der Waals surface area contributed by atoms with Gasteiger partial charge in [-0.15, -0.1) is 0 Å². The number of carbonyl (C=O) groups excluding carboxylic acids is 1. The topological polar surface area (TPSA) is 75.1 Å². The molecule has 1 amide bonds. The lowest BCUT2D eigenvalue weighted by molar-refractivity contribution is -0.119. The smallest absolute Gasteiger partial charge is 0.228 e. The van der Waals surface area contributed by atoms with Crippen LogP contribution in [0.3, 0.4) is 0 Å². The predicted octanol–water partition coefficient (Wildman–Crippen LogP) is 4.67. The fourth-order valence-electron chi connectivity index (χ4n) is 4.32. The standard InChI is InChI=1S/C23H29N3O2/c1-3-14(2)23(28)26-22-20(12-15-6-4-5-7-15)24-21-18-10-9-17(27)13-16(18)8-11-19(21)25-22/h9-10,13-15,27H,3-8,11-12H2,1-2H3,(H,25,26,28). The number of rotatable bonds is 5. The Balaban J connectivity index is 1.73. The molecule has 28 heavy (non-hydrogen) atoms. The van der Waals surface area contributed by atoms with Crippen molar-refractivity contribution >= 4 is 11.7 Å². The number of carbonyl (C=O) groups is 1. The maximum atomic E-state index is 12.5. The number of aromatic hydroxyl groups is 1. The third kappa shape index (κ3) is 3.75. The van der Waals surface area contributed by atoms with Gasteiger partial charge in [-0.25, -0.2) is 9.97 Å². The molecule has 1 atom stereocenters. The summed E-state index contributed by atoms with van der Waals surface area (Å²) in [6.45, 7) is 3.97. The van der Waals surface area contributed by atoms with Crippen molar-refractivity contribution in [1.29, 1.82) is 0 Å². The Hall–Kier alpha value is -2.43. The van der Waals surface area contributed by atoms with Crippen molar-refractivity contribution in [2.45, 2.75) is 65.2 Å². The Morgan fingerprint density at radius 3 is 2.79 bits per heavy atom. The number of anilines is 1. The van der Waals surface area contributed by atoms with Crippen molar-refractivity contribution in [3.8, 4) is 17.0 Å². The molecule has 2 aromatic rings. The van der Waals surface area contributed by atoms with Crippen LogP contribution in [-0.4, -0.2) is 21.0 Å². The molecule has 0 radical (unpaired) electrons. The number of aromatic nitrogens is 2. The molecule has 148 valence electrons. The van der Waals surface area contributed by atoms with E-state index in [-0.39, 0.29) is 11.8 Å². The first-order chi connectivity index (χ1) is 13.5. The Morgan fingerprint density at radius 2 is 2.04 bits per heavy atom. The molecule has 1 heterocycles.